The van der Waals surface area contributed by atoms with E-state index in [-0.39, 0.29) is 6.10 Å². The van der Waals surface area contributed by atoms with Crippen LogP contribution >= 0.6 is 0 Å². The first kappa shape index (κ1) is 9.79. The summed E-state index contributed by atoms with van der Waals surface area (Å²) in [7, 11) is 0. The maximum absolute atomic E-state index is 9.39. The highest BCUT2D eigenvalue weighted by atomic mass is 16.3. The number of aliphatic hydroxyl groups is 1. The quantitative estimate of drug-likeness (QED) is 0.629. The van der Waals surface area contributed by atoms with Crippen LogP contribution in [-0.4, -0.2) is 11.2 Å². The molecule has 0 radical (unpaired) electrons. The van der Waals surface area contributed by atoms with Crippen LogP contribution in [0.5, 0.6) is 0 Å². The number of rotatable bonds is 2. The molecular weight excluding hydrogens is 148 g/mol. The van der Waals surface area contributed by atoms with Crippen molar-refractivity contribution in [3.05, 3.63) is 12.2 Å². The van der Waals surface area contributed by atoms with Gasteiger partial charge in [-0.15, -0.1) is 0 Å². The van der Waals surface area contributed by atoms with Crippen molar-refractivity contribution < 1.29 is 5.11 Å². The summed E-state index contributed by atoms with van der Waals surface area (Å²) in [5, 5.41) is 9.39. The first-order chi connectivity index (χ1) is 5.58. The predicted molar refractivity (Wildman–Crippen MR) is 51.9 cm³/mol. The molecule has 1 aliphatic carbocycles. The van der Waals surface area contributed by atoms with Gasteiger partial charge in [0.15, 0.2) is 0 Å². The van der Waals surface area contributed by atoms with Crippen molar-refractivity contribution in [2.45, 2.75) is 46.1 Å². The van der Waals surface area contributed by atoms with Crippen LogP contribution in [0.1, 0.15) is 40.0 Å². The summed E-state index contributed by atoms with van der Waals surface area (Å²) < 4.78 is 0. The molecule has 0 aromatic heterocycles. The topological polar surface area (TPSA) is 20.2 Å². The van der Waals surface area contributed by atoms with Gasteiger partial charge in [-0.05, 0) is 24.2 Å². The van der Waals surface area contributed by atoms with Gasteiger partial charge in [-0.25, -0.2) is 0 Å². The van der Waals surface area contributed by atoms with E-state index in [0.717, 1.165) is 6.42 Å². The van der Waals surface area contributed by atoms with Crippen molar-refractivity contribution in [1.29, 1.82) is 0 Å². The summed E-state index contributed by atoms with van der Waals surface area (Å²) in [6.07, 6.45) is 7.33. The fraction of sp³-hybridized carbons (Fsp3) is 0.818. The zero-order valence-corrected chi connectivity index (χ0v) is 8.38. The Kier molecular flexibility index (Phi) is 2.94. The van der Waals surface area contributed by atoms with E-state index in [4.69, 9.17) is 0 Å². The highest BCUT2D eigenvalue weighted by Crippen LogP contribution is 2.39. The zero-order chi connectivity index (χ0) is 9.19. The molecule has 12 heavy (non-hydrogen) atoms. The molecule has 0 spiro atoms. The molecule has 0 aliphatic heterocycles. The monoisotopic (exact) mass is 168 g/mol. The van der Waals surface area contributed by atoms with E-state index in [0.29, 0.717) is 11.3 Å². The van der Waals surface area contributed by atoms with Gasteiger partial charge in [0, 0.05) is 0 Å². The molecule has 70 valence electrons. The Hall–Kier alpha value is -0.300. The number of aliphatic hydroxyl groups excluding tert-OH is 1. The van der Waals surface area contributed by atoms with E-state index >= 15 is 0 Å². The summed E-state index contributed by atoms with van der Waals surface area (Å²) in [6, 6.07) is 0. The molecule has 1 rings (SSSR count). The summed E-state index contributed by atoms with van der Waals surface area (Å²) in [6.45, 7) is 6.75. The van der Waals surface area contributed by atoms with E-state index in [1.807, 2.05) is 6.08 Å². The summed E-state index contributed by atoms with van der Waals surface area (Å²) >= 11 is 0. The Morgan fingerprint density at radius 3 is 2.75 bits per heavy atom. The second-order valence-electron chi connectivity index (χ2n) is 4.32. The molecule has 1 aliphatic rings. The van der Waals surface area contributed by atoms with Gasteiger partial charge in [-0.3, -0.25) is 0 Å². The smallest absolute Gasteiger partial charge is 0.0724 e. The average Bonchev–Trinajstić information content (AvgIpc) is 1.99. The maximum atomic E-state index is 9.39. The van der Waals surface area contributed by atoms with Gasteiger partial charge in [-0.2, -0.15) is 0 Å². The molecule has 0 saturated carbocycles. The zero-order valence-electron chi connectivity index (χ0n) is 8.38. The van der Waals surface area contributed by atoms with E-state index in [1.165, 1.54) is 12.8 Å². The lowest BCUT2D eigenvalue weighted by atomic mass is 9.69. The second-order valence-corrected chi connectivity index (χ2v) is 4.32. The SMILES string of the molecule is CCCC1(C)C=CC(O)CC1C. The minimum atomic E-state index is -0.204. The minimum absolute atomic E-state index is 0.204. The molecule has 1 nitrogen and oxygen atoms in total. The van der Waals surface area contributed by atoms with Gasteiger partial charge in [0.25, 0.3) is 0 Å². The molecule has 0 fully saturated rings. The summed E-state index contributed by atoms with van der Waals surface area (Å²) in [5.74, 6) is 0.609. The van der Waals surface area contributed by atoms with Crippen LogP contribution < -0.4 is 0 Å². The van der Waals surface area contributed by atoms with Crippen LogP contribution in [0, 0.1) is 11.3 Å². The number of hydrogen-bond acceptors (Lipinski definition) is 1. The van der Waals surface area contributed by atoms with Crippen molar-refractivity contribution in [1.82, 2.24) is 0 Å². The first-order valence-electron chi connectivity index (χ1n) is 4.96. The third-order valence-electron chi connectivity index (χ3n) is 3.21. The van der Waals surface area contributed by atoms with Gasteiger partial charge < -0.3 is 5.11 Å². The van der Waals surface area contributed by atoms with Gasteiger partial charge >= 0.3 is 0 Å². The van der Waals surface area contributed by atoms with Crippen LogP contribution in [0.4, 0.5) is 0 Å². The normalized spacial score (nSPS) is 41.7. The van der Waals surface area contributed by atoms with E-state index in [2.05, 4.69) is 26.8 Å². The molecule has 0 aromatic carbocycles. The third-order valence-corrected chi connectivity index (χ3v) is 3.21. The van der Waals surface area contributed by atoms with Crippen molar-refractivity contribution in [2.24, 2.45) is 11.3 Å². The fourth-order valence-corrected chi connectivity index (χ4v) is 2.07. The standard InChI is InChI=1S/C11H20O/c1-4-6-11(3)7-5-10(12)8-9(11)2/h5,7,9-10,12H,4,6,8H2,1-3H3. The van der Waals surface area contributed by atoms with Gasteiger partial charge in [-0.1, -0.05) is 39.3 Å². The van der Waals surface area contributed by atoms with Gasteiger partial charge in [0.1, 0.15) is 0 Å². The number of hydrogen-bond donors (Lipinski definition) is 1. The molecule has 0 saturated heterocycles. The highest BCUT2D eigenvalue weighted by Gasteiger charge is 2.31. The molecule has 1 N–H and O–H groups in total. The van der Waals surface area contributed by atoms with Crippen molar-refractivity contribution in [3.63, 3.8) is 0 Å². The van der Waals surface area contributed by atoms with Crippen LogP contribution in [0.3, 0.4) is 0 Å². The van der Waals surface area contributed by atoms with E-state index < -0.39 is 0 Å². The molecule has 3 atom stereocenters. The van der Waals surface area contributed by atoms with Crippen LogP contribution in [-0.2, 0) is 0 Å². The molecule has 3 unspecified atom stereocenters. The third kappa shape index (κ3) is 1.89. The van der Waals surface area contributed by atoms with Gasteiger partial charge in [0.05, 0.1) is 6.10 Å². The maximum Gasteiger partial charge on any atom is 0.0724 e. The van der Waals surface area contributed by atoms with Gasteiger partial charge in [0.2, 0.25) is 0 Å². The van der Waals surface area contributed by atoms with Crippen LogP contribution in [0.25, 0.3) is 0 Å². The predicted octanol–water partition coefficient (Wildman–Crippen LogP) is 2.75. The first-order valence-corrected chi connectivity index (χ1v) is 4.96. The Balaban J connectivity index is 2.69. The molecule has 0 aromatic rings. The molecular formula is C11H20O. The molecule has 0 amide bonds. The molecule has 1 heteroatoms. The Labute approximate surface area is 75.5 Å². The lowest BCUT2D eigenvalue weighted by Gasteiger charge is -2.37. The van der Waals surface area contributed by atoms with Crippen LogP contribution in [0.2, 0.25) is 0 Å². The molecule has 0 heterocycles. The lowest BCUT2D eigenvalue weighted by Crippen LogP contribution is -2.30. The minimum Gasteiger partial charge on any atom is -0.389 e. The largest absolute Gasteiger partial charge is 0.389 e. The van der Waals surface area contributed by atoms with E-state index in [9.17, 15) is 5.11 Å². The Morgan fingerprint density at radius 2 is 2.25 bits per heavy atom. The van der Waals surface area contributed by atoms with Crippen molar-refractivity contribution >= 4 is 0 Å². The van der Waals surface area contributed by atoms with Crippen LogP contribution in [0.15, 0.2) is 12.2 Å². The Morgan fingerprint density at radius 1 is 1.58 bits per heavy atom. The fourth-order valence-electron chi connectivity index (χ4n) is 2.07. The number of allylic oxidation sites excluding steroid dienone is 1. The van der Waals surface area contributed by atoms with Crippen molar-refractivity contribution in [3.8, 4) is 0 Å². The van der Waals surface area contributed by atoms with Crippen molar-refractivity contribution in [2.75, 3.05) is 0 Å². The lowest BCUT2D eigenvalue weighted by molar-refractivity contribution is 0.124. The highest BCUT2D eigenvalue weighted by molar-refractivity contribution is 5.07. The summed E-state index contributed by atoms with van der Waals surface area (Å²) in [5.41, 5.74) is 0.327. The molecule has 0 bridgehead atoms. The average molecular weight is 168 g/mol. The van der Waals surface area contributed by atoms with E-state index in [1.54, 1.807) is 0 Å². The summed E-state index contributed by atoms with van der Waals surface area (Å²) in [4.78, 5) is 0. The Bertz CT molecular complexity index is 174. The second kappa shape index (κ2) is 3.61.